The quantitative estimate of drug-likeness (QED) is 0.701. The fourth-order valence-corrected chi connectivity index (χ4v) is 3.83. The van der Waals surface area contributed by atoms with Crippen molar-refractivity contribution in [1.82, 2.24) is 19.9 Å². The lowest BCUT2D eigenvalue weighted by Gasteiger charge is -2.35. The number of amides is 2. The molecule has 2 bridgehead atoms. The van der Waals surface area contributed by atoms with Crippen molar-refractivity contribution in [2.45, 2.75) is 12.5 Å². The van der Waals surface area contributed by atoms with E-state index in [0.717, 1.165) is 25.2 Å². The minimum atomic E-state index is -0.712. The number of halogens is 1. The molecule has 0 aromatic carbocycles. The summed E-state index contributed by atoms with van der Waals surface area (Å²) in [5, 5.41) is 11.7. The Hall–Kier alpha value is -4.13. The van der Waals surface area contributed by atoms with Crippen molar-refractivity contribution in [3.05, 3.63) is 54.5 Å². The summed E-state index contributed by atoms with van der Waals surface area (Å²) in [6.07, 6.45) is 6.71. The molecule has 3 aromatic rings. The highest BCUT2D eigenvalue weighted by Crippen LogP contribution is 2.40. The topological polar surface area (TPSA) is 111 Å². The van der Waals surface area contributed by atoms with Gasteiger partial charge in [0.25, 0.3) is 0 Å². The van der Waals surface area contributed by atoms with Crippen LogP contribution in [-0.4, -0.2) is 45.1 Å². The molecule has 148 valence electrons. The Morgan fingerprint density at radius 2 is 2.17 bits per heavy atom. The van der Waals surface area contributed by atoms with Crippen LogP contribution in [-0.2, 0) is 0 Å². The maximum atomic E-state index is 14.0. The number of aromatic nitrogens is 4. The molecule has 3 aromatic heterocycles. The van der Waals surface area contributed by atoms with Gasteiger partial charge in [0.1, 0.15) is 6.07 Å². The van der Waals surface area contributed by atoms with Crippen molar-refractivity contribution in [2.24, 2.45) is 0 Å². The van der Waals surface area contributed by atoms with Crippen molar-refractivity contribution < 1.29 is 9.18 Å². The van der Waals surface area contributed by atoms with E-state index < -0.39 is 5.82 Å². The monoisotopic (exact) mass is 402 g/mol. The van der Waals surface area contributed by atoms with E-state index in [1.807, 2.05) is 6.07 Å². The third-order valence-corrected chi connectivity index (χ3v) is 5.21. The van der Waals surface area contributed by atoms with Crippen molar-refractivity contribution in [2.75, 3.05) is 28.2 Å². The summed E-state index contributed by atoms with van der Waals surface area (Å²) in [5.74, 6) is 0.127. The van der Waals surface area contributed by atoms with E-state index in [-0.39, 0.29) is 17.8 Å². The third kappa shape index (κ3) is 2.97. The number of urea groups is 1. The molecule has 2 aliphatic rings. The van der Waals surface area contributed by atoms with Crippen LogP contribution in [0.5, 0.6) is 0 Å². The average molecular weight is 402 g/mol. The highest BCUT2D eigenvalue weighted by molar-refractivity contribution is 6.04. The number of nitrogens with zero attached hydrogens (tertiary/aromatic N) is 7. The summed E-state index contributed by atoms with van der Waals surface area (Å²) in [6, 6.07) is 6.18. The molecule has 0 unspecified atom stereocenters. The highest BCUT2D eigenvalue weighted by atomic mass is 19.1. The Bertz CT molecular complexity index is 1180. The Kier molecular flexibility index (Phi) is 4.21. The van der Waals surface area contributed by atoms with E-state index in [1.165, 1.54) is 30.9 Å². The predicted molar refractivity (Wildman–Crippen MR) is 106 cm³/mol. The first kappa shape index (κ1) is 17.9. The Labute approximate surface area is 170 Å². The number of rotatable bonds is 2. The van der Waals surface area contributed by atoms with Crippen molar-refractivity contribution in [3.8, 4) is 17.3 Å². The van der Waals surface area contributed by atoms with Gasteiger partial charge >= 0.3 is 6.03 Å². The second-order valence-electron chi connectivity index (χ2n) is 6.98. The molecule has 0 spiro atoms. The molecule has 0 saturated carbocycles. The van der Waals surface area contributed by atoms with Crippen LogP contribution < -0.4 is 15.1 Å². The van der Waals surface area contributed by atoms with Gasteiger partial charge in [-0.2, -0.15) is 5.26 Å². The maximum absolute atomic E-state index is 14.0. The molecule has 1 N–H and O–H groups in total. The zero-order valence-electron chi connectivity index (χ0n) is 15.7. The SMILES string of the molecule is N#Cc1ncc(-c2ccc3c(n2)N(C(=O)Nc2cnccn2)[C@@H]2CCN3C2)cc1F. The molecule has 1 atom stereocenters. The molecule has 1 saturated heterocycles. The lowest BCUT2D eigenvalue weighted by atomic mass is 10.1. The highest BCUT2D eigenvalue weighted by Gasteiger charge is 2.40. The van der Waals surface area contributed by atoms with Gasteiger partial charge in [-0.15, -0.1) is 0 Å². The predicted octanol–water partition coefficient (Wildman–Crippen LogP) is 2.58. The number of nitriles is 1. The van der Waals surface area contributed by atoms with Gasteiger partial charge in [-0.3, -0.25) is 15.2 Å². The lowest BCUT2D eigenvalue weighted by Crippen LogP contribution is -2.48. The average Bonchev–Trinajstić information content (AvgIpc) is 3.18. The van der Waals surface area contributed by atoms with Crippen molar-refractivity contribution in [3.63, 3.8) is 0 Å². The van der Waals surface area contributed by atoms with Crippen LogP contribution in [0.4, 0.5) is 26.5 Å². The lowest BCUT2D eigenvalue weighted by molar-refractivity contribution is 0.254. The van der Waals surface area contributed by atoms with E-state index >= 15 is 0 Å². The van der Waals surface area contributed by atoms with Crippen LogP contribution in [0.25, 0.3) is 11.3 Å². The van der Waals surface area contributed by atoms with Crippen molar-refractivity contribution >= 4 is 23.4 Å². The maximum Gasteiger partial charge on any atom is 0.329 e. The van der Waals surface area contributed by atoms with Gasteiger partial charge in [0.2, 0.25) is 0 Å². The minimum Gasteiger partial charge on any atom is -0.366 e. The molecule has 2 amide bonds. The Morgan fingerprint density at radius 1 is 1.27 bits per heavy atom. The van der Waals surface area contributed by atoms with Crippen molar-refractivity contribution in [1.29, 1.82) is 5.26 Å². The molecule has 0 aliphatic carbocycles. The van der Waals surface area contributed by atoms with Crippen LogP contribution in [0.15, 0.2) is 43.0 Å². The van der Waals surface area contributed by atoms with Gasteiger partial charge in [0, 0.05) is 37.2 Å². The number of anilines is 3. The first-order valence-electron chi connectivity index (χ1n) is 9.32. The van der Waals surface area contributed by atoms with E-state index in [4.69, 9.17) is 5.26 Å². The minimum absolute atomic E-state index is 0.0345. The summed E-state index contributed by atoms with van der Waals surface area (Å²) in [7, 11) is 0. The molecule has 1 fully saturated rings. The molecule has 5 rings (SSSR count). The molecule has 0 radical (unpaired) electrons. The van der Waals surface area contributed by atoms with Gasteiger partial charge in [0.05, 0.1) is 23.6 Å². The third-order valence-electron chi connectivity index (χ3n) is 5.21. The largest absolute Gasteiger partial charge is 0.366 e. The smallest absolute Gasteiger partial charge is 0.329 e. The summed E-state index contributed by atoms with van der Waals surface area (Å²) in [4.78, 5) is 33.5. The second-order valence-corrected chi connectivity index (χ2v) is 6.98. The van der Waals surface area contributed by atoms with Crippen LogP contribution in [0.3, 0.4) is 0 Å². The Morgan fingerprint density at radius 3 is 2.93 bits per heavy atom. The number of nitrogens with one attached hydrogen (secondary N) is 1. The van der Waals surface area contributed by atoms with Crippen LogP contribution in [0.2, 0.25) is 0 Å². The number of carbonyl (C=O) groups excluding carboxylic acids is 1. The van der Waals surface area contributed by atoms with Gasteiger partial charge in [-0.25, -0.2) is 24.1 Å². The van der Waals surface area contributed by atoms with Gasteiger partial charge in [-0.1, -0.05) is 0 Å². The molecule has 9 nitrogen and oxygen atoms in total. The number of pyridine rings is 2. The first-order chi connectivity index (χ1) is 14.6. The Balaban J connectivity index is 1.54. The van der Waals surface area contributed by atoms with E-state index in [2.05, 4.69) is 30.2 Å². The van der Waals surface area contributed by atoms with Gasteiger partial charge in [0.15, 0.2) is 23.1 Å². The molecule has 5 heterocycles. The molecule has 2 aliphatic heterocycles. The number of hydrogen-bond acceptors (Lipinski definition) is 7. The van der Waals surface area contributed by atoms with E-state index in [0.29, 0.717) is 22.9 Å². The molecular weight excluding hydrogens is 387 g/mol. The fourth-order valence-electron chi connectivity index (χ4n) is 3.83. The number of hydrogen-bond donors (Lipinski definition) is 1. The zero-order chi connectivity index (χ0) is 20.7. The molecule has 10 heteroatoms. The summed E-state index contributed by atoms with van der Waals surface area (Å²) >= 11 is 0. The number of fused-ring (bicyclic) bond motifs is 4. The zero-order valence-corrected chi connectivity index (χ0v) is 15.7. The van der Waals surface area contributed by atoms with Crippen LogP contribution in [0.1, 0.15) is 12.1 Å². The standard InChI is InChI=1S/C20H15FN8O/c21-14-7-12(9-25-16(14)8-22)15-1-2-17-19(26-15)29(13-3-6-28(17)11-13)20(30)27-18-10-23-4-5-24-18/h1-2,4-5,7,9-10,13H,3,6,11H2,(H,24,27,30)/t13-/m1/s1. The molecule has 30 heavy (non-hydrogen) atoms. The number of carbonyl (C=O) groups is 1. The first-order valence-corrected chi connectivity index (χ1v) is 9.32. The summed E-state index contributed by atoms with van der Waals surface area (Å²) in [6.45, 7) is 1.54. The van der Waals surface area contributed by atoms with Crippen LogP contribution in [0, 0.1) is 17.1 Å². The van der Waals surface area contributed by atoms with Gasteiger partial charge in [-0.05, 0) is 24.6 Å². The normalized spacial score (nSPS) is 16.7. The van der Waals surface area contributed by atoms with E-state index in [1.54, 1.807) is 17.0 Å². The van der Waals surface area contributed by atoms with Crippen LogP contribution >= 0.6 is 0 Å². The van der Waals surface area contributed by atoms with E-state index in [9.17, 15) is 9.18 Å². The summed E-state index contributed by atoms with van der Waals surface area (Å²) < 4.78 is 14.0. The fraction of sp³-hybridized carbons (Fsp3) is 0.200. The molecular formula is C20H15FN8O. The van der Waals surface area contributed by atoms with Gasteiger partial charge < -0.3 is 4.90 Å². The summed E-state index contributed by atoms with van der Waals surface area (Å²) in [5.41, 5.74) is 1.45. The second kappa shape index (κ2) is 7.04.